The SMILES string of the molecule is CNC(=O)COc1cccc(Nc2nc(N[C@H]3[C@@H](C(N)=O)[C@H]4C=C[C@@H]3C4)c3[nH]cnc3n2)c1. The van der Waals surface area contributed by atoms with E-state index in [1.807, 2.05) is 6.07 Å². The first kappa shape index (κ1) is 20.7. The van der Waals surface area contributed by atoms with Crippen LogP contribution >= 0.6 is 0 Å². The van der Waals surface area contributed by atoms with Crippen LogP contribution in [0.4, 0.5) is 17.5 Å². The van der Waals surface area contributed by atoms with Crippen molar-refractivity contribution < 1.29 is 14.3 Å². The third kappa shape index (κ3) is 4.04. The molecule has 4 atom stereocenters. The highest BCUT2D eigenvalue weighted by Gasteiger charge is 2.47. The van der Waals surface area contributed by atoms with E-state index in [9.17, 15) is 9.59 Å². The molecule has 11 nitrogen and oxygen atoms in total. The molecule has 0 spiro atoms. The molecule has 0 radical (unpaired) electrons. The predicted octanol–water partition coefficient (Wildman–Crippen LogP) is 1.31. The van der Waals surface area contributed by atoms with Crippen LogP contribution in [0.5, 0.6) is 5.75 Å². The average molecular weight is 448 g/mol. The number of nitrogens with one attached hydrogen (secondary N) is 4. The summed E-state index contributed by atoms with van der Waals surface area (Å²) in [5.74, 6) is 0.941. The summed E-state index contributed by atoms with van der Waals surface area (Å²) >= 11 is 0. The van der Waals surface area contributed by atoms with Crippen molar-refractivity contribution in [3.63, 3.8) is 0 Å². The van der Waals surface area contributed by atoms with E-state index < -0.39 is 0 Å². The highest BCUT2D eigenvalue weighted by molar-refractivity contribution is 5.85. The summed E-state index contributed by atoms with van der Waals surface area (Å²) in [6.07, 6.45) is 6.66. The van der Waals surface area contributed by atoms with Crippen molar-refractivity contribution in [3.05, 3.63) is 42.7 Å². The number of H-pyrrole nitrogens is 1. The molecule has 1 fully saturated rings. The molecule has 1 saturated carbocycles. The number of benzene rings is 1. The Labute approximate surface area is 189 Å². The van der Waals surface area contributed by atoms with Gasteiger partial charge in [-0.2, -0.15) is 9.97 Å². The van der Waals surface area contributed by atoms with Gasteiger partial charge in [0.05, 0.1) is 12.2 Å². The minimum absolute atomic E-state index is 0.0806. The zero-order valence-corrected chi connectivity index (χ0v) is 17.9. The number of likely N-dealkylation sites (N-methyl/N-ethyl adjacent to an activating group) is 1. The maximum absolute atomic E-state index is 12.1. The number of allylic oxidation sites excluding steroid dienone is 1. The molecule has 3 aromatic rings. The van der Waals surface area contributed by atoms with Crippen molar-refractivity contribution in [2.24, 2.45) is 23.5 Å². The number of primary amides is 1. The molecule has 2 heterocycles. The number of hydrogen-bond acceptors (Lipinski definition) is 8. The standard InChI is InChI=1S/C22H24N8O3/c1-24-15(31)9-33-14-4-2-3-13(8-14)27-22-29-20-18(25-10-26-20)21(30-22)28-17-12-6-5-11(7-12)16(17)19(23)32/h2-6,8,10-12,16-17H,7,9H2,1H3,(H2,23,32)(H,24,31)(H3,25,26,27,28,29,30)/t11-,12+,16-,17+/m0/s1. The maximum Gasteiger partial charge on any atom is 0.257 e. The number of nitrogens with zero attached hydrogens (tertiary/aromatic N) is 3. The minimum atomic E-state index is -0.314. The number of aromatic amines is 1. The summed E-state index contributed by atoms with van der Waals surface area (Å²) in [5.41, 5.74) is 7.52. The number of hydrogen-bond donors (Lipinski definition) is 5. The van der Waals surface area contributed by atoms with Gasteiger partial charge in [-0.15, -0.1) is 0 Å². The zero-order chi connectivity index (χ0) is 22.9. The Bertz CT molecular complexity index is 1240. The maximum atomic E-state index is 12.1. The van der Waals surface area contributed by atoms with Crippen molar-refractivity contribution in [3.8, 4) is 5.75 Å². The molecule has 2 aromatic heterocycles. The van der Waals surface area contributed by atoms with Crippen LogP contribution in [-0.2, 0) is 9.59 Å². The van der Waals surface area contributed by atoms with Crippen LogP contribution in [0.15, 0.2) is 42.7 Å². The van der Waals surface area contributed by atoms with Gasteiger partial charge in [-0.25, -0.2) is 4.98 Å². The summed E-state index contributed by atoms with van der Waals surface area (Å²) in [7, 11) is 1.55. The first-order chi connectivity index (χ1) is 16.0. The monoisotopic (exact) mass is 448 g/mol. The molecule has 2 amide bonds. The van der Waals surface area contributed by atoms with Crippen LogP contribution in [0, 0.1) is 17.8 Å². The van der Waals surface area contributed by atoms with Gasteiger partial charge in [-0.3, -0.25) is 9.59 Å². The van der Waals surface area contributed by atoms with E-state index in [1.165, 1.54) is 0 Å². The number of ether oxygens (including phenoxy) is 1. The van der Waals surface area contributed by atoms with Crippen LogP contribution in [0.25, 0.3) is 11.2 Å². The van der Waals surface area contributed by atoms with Crippen molar-refractivity contribution in [1.82, 2.24) is 25.3 Å². The second kappa shape index (κ2) is 8.41. The van der Waals surface area contributed by atoms with Crippen LogP contribution in [-0.4, -0.2) is 51.4 Å². The van der Waals surface area contributed by atoms with Crippen molar-refractivity contribution >= 4 is 40.4 Å². The van der Waals surface area contributed by atoms with Gasteiger partial charge in [0.2, 0.25) is 11.9 Å². The van der Waals surface area contributed by atoms with Crippen molar-refractivity contribution in [2.75, 3.05) is 24.3 Å². The molecule has 0 aliphatic heterocycles. The molecule has 1 aromatic carbocycles. The number of rotatable bonds is 8. The Morgan fingerprint density at radius 3 is 2.91 bits per heavy atom. The average Bonchev–Trinajstić information content (AvgIpc) is 3.54. The molecule has 5 rings (SSSR count). The number of amides is 2. The summed E-state index contributed by atoms with van der Waals surface area (Å²) < 4.78 is 5.50. The van der Waals surface area contributed by atoms with Gasteiger partial charge >= 0.3 is 0 Å². The molecular formula is C22H24N8O3. The number of carbonyl (C=O) groups is 2. The molecular weight excluding hydrogens is 424 g/mol. The molecule has 2 aliphatic carbocycles. The van der Waals surface area contributed by atoms with Crippen LogP contribution < -0.4 is 26.4 Å². The van der Waals surface area contributed by atoms with Crippen LogP contribution in [0.3, 0.4) is 0 Å². The lowest BCUT2D eigenvalue weighted by molar-refractivity contribution is -0.123. The molecule has 11 heteroatoms. The van der Waals surface area contributed by atoms with Gasteiger partial charge in [0.25, 0.3) is 5.91 Å². The van der Waals surface area contributed by atoms with E-state index in [0.717, 1.165) is 6.42 Å². The number of nitrogens with two attached hydrogens (primary N) is 1. The number of fused-ring (bicyclic) bond motifs is 3. The number of imidazole rings is 1. The van der Waals surface area contributed by atoms with Gasteiger partial charge in [-0.1, -0.05) is 18.2 Å². The fourth-order valence-electron chi connectivity index (χ4n) is 4.57. The van der Waals surface area contributed by atoms with Crippen molar-refractivity contribution in [1.29, 1.82) is 0 Å². The van der Waals surface area contributed by atoms with Gasteiger partial charge < -0.3 is 31.4 Å². The summed E-state index contributed by atoms with van der Waals surface area (Å²) in [6, 6.07) is 6.99. The molecule has 2 bridgehead atoms. The van der Waals surface area contributed by atoms with E-state index in [2.05, 4.69) is 48.0 Å². The van der Waals surface area contributed by atoms with Gasteiger partial charge in [-0.05, 0) is 30.4 Å². The van der Waals surface area contributed by atoms with E-state index in [0.29, 0.717) is 34.4 Å². The Hall–Kier alpha value is -4.15. The smallest absolute Gasteiger partial charge is 0.257 e. The quantitative estimate of drug-likeness (QED) is 0.322. The summed E-state index contributed by atoms with van der Waals surface area (Å²) in [4.78, 5) is 40.0. The minimum Gasteiger partial charge on any atom is -0.484 e. The van der Waals surface area contributed by atoms with E-state index in [4.69, 9.17) is 10.5 Å². The highest BCUT2D eigenvalue weighted by Crippen LogP contribution is 2.45. The fourth-order valence-corrected chi connectivity index (χ4v) is 4.57. The van der Waals surface area contributed by atoms with Gasteiger partial charge in [0, 0.05) is 24.8 Å². The Morgan fingerprint density at radius 1 is 1.24 bits per heavy atom. The third-order valence-electron chi connectivity index (χ3n) is 6.12. The Kier molecular flexibility index (Phi) is 5.29. The number of carbonyl (C=O) groups excluding carboxylic acids is 2. The lowest BCUT2D eigenvalue weighted by atomic mass is 9.88. The topological polar surface area (TPSA) is 160 Å². The van der Waals surface area contributed by atoms with Gasteiger partial charge in [0.15, 0.2) is 18.1 Å². The number of anilines is 3. The second-order valence-electron chi connectivity index (χ2n) is 8.16. The summed E-state index contributed by atoms with van der Waals surface area (Å²) in [5, 5.41) is 9.10. The first-order valence-electron chi connectivity index (χ1n) is 10.7. The number of aromatic nitrogens is 4. The highest BCUT2D eigenvalue weighted by atomic mass is 16.5. The van der Waals surface area contributed by atoms with Crippen LogP contribution in [0.2, 0.25) is 0 Å². The largest absolute Gasteiger partial charge is 0.484 e. The van der Waals surface area contributed by atoms with Crippen LogP contribution in [0.1, 0.15) is 6.42 Å². The second-order valence-corrected chi connectivity index (χ2v) is 8.16. The van der Waals surface area contributed by atoms with Gasteiger partial charge in [0.1, 0.15) is 11.3 Å². The molecule has 33 heavy (non-hydrogen) atoms. The molecule has 0 unspecified atom stereocenters. The lowest BCUT2D eigenvalue weighted by Gasteiger charge is -2.27. The first-order valence-corrected chi connectivity index (χ1v) is 10.7. The predicted molar refractivity (Wildman–Crippen MR) is 122 cm³/mol. The zero-order valence-electron chi connectivity index (χ0n) is 17.9. The van der Waals surface area contributed by atoms with E-state index >= 15 is 0 Å². The molecule has 2 aliphatic rings. The van der Waals surface area contributed by atoms with E-state index in [1.54, 1.807) is 31.6 Å². The Morgan fingerprint density at radius 2 is 2.09 bits per heavy atom. The lowest BCUT2D eigenvalue weighted by Crippen LogP contribution is -2.41. The van der Waals surface area contributed by atoms with Crippen molar-refractivity contribution in [2.45, 2.75) is 12.5 Å². The molecule has 170 valence electrons. The molecule has 0 saturated heterocycles. The molecule has 6 N–H and O–H groups in total. The Balaban J connectivity index is 1.39. The summed E-state index contributed by atoms with van der Waals surface area (Å²) in [6.45, 7) is -0.0806. The fraction of sp³-hybridized carbons (Fsp3) is 0.318. The normalized spacial score (nSPS) is 22.9. The van der Waals surface area contributed by atoms with E-state index in [-0.39, 0.29) is 42.2 Å². The third-order valence-corrected chi connectivity index (χ3v) is 6.12.